The molecule has 164 valence electrons. The summed E-state index contributed by atoms with van der Waals surface area (Å²) in [7, 11) is -3.79. The molecule has 9 heteroatoms. The van der Waals surface area contributed by atoms with Gasteiger partial charge >= 0.3 is 0 Å². The second kappa shape index (κ2) is 8.50. The Hall–Kier alpha value is -3.01. The second-order valence-electron chi connectivity index (χ2n) is 7.61. The zero-order valence-corrected chi connectivity index (χ0v) is 18.7. The van der Waals surface area contributed by atoms with Gasteiger partial charge in [-0.25, -0.2) is 18.1 Å². The first kappa shape index (κ1) is 20.9. The van der Waals surface area contributed by atoms with Gasteiger partial charge in [0.2, 0.25) is 10.0 Å². The van der Waals surface area contributed by atoms with Crippen molar-refractivity contribution in [3.63, 3.8) is 0 Å². The van der Waals surface area contributed by atoms with E-state index in [-0.39, 0.29) is 23.4 Å². The molecule has 0 aliphatic carbocycles. The predicted molar refractivity (Wildman–Crippen MR) is 122 cm³/mol. The largest absolute Gasteiger partial charge is 0.468 e. The van der Waals surface area contributed by atoms with Gasteiger partial charge in [0.1, 0.15) is 10.8 Å². The Morgan fingerprint density at radius 1 is 1.16 bits per heavy atom. The summed E-state index contributed by atoms with van der Waals surface area (Å²) >= 11 is 1.60. The lowest BCUT2D eigenvalue weighted by Gasteiger charge is -2.23. The average Bonchev–Trinajstić information content (AvgIpc) is 3.57. The van der Waals surface area contributed by atoms with E-state index in [1.807, 2.05) is 24.3 Å². The second-order valence-corrected chi connectivity index (χ2v) is 10.4. The SMILES string of the molecule is O=C(c1cccc(S(=O)(=O)NCc2ccco2)c1)N1CCCC1c1nc2ccccc2s1. The Labute approximate surface area is 189 Å². The first-order chi connectivity index (χ1) is 15.5. The molecule has 1 atom stereocenters. The fourth-order valence-corrected chi connectivity index (χ4v) is 6.08. The number of likely N-dealkylation sites (tertiary alicyclic amines) is 1. The summed E-state index contributed by atoms with van der Waals surface area (Å²) in [5.41, 5.74) is 1.28. The highest BCUT2D eigenvalue weighted by Crippen LogP contribution is 2.37. The quantitative estimate of drug-likeness (QED) is 0.455. The normalized spacial score (nSPS) is 16.6. The van der Waals surface area contributed by atoms with Gasteiger partial charge in [-0.2, -0.15) is 0 Å². The average molecular weight is 468 g/mol. The van der Waals surface area contributed by atoms with Crippen molar-refractivity contribution in [2.24, 2.45) is 0 Å². The van der Waals surface area contributed by atoms with Crippen molar-refractivity contribution in [2.75, 3.05) is 6.54 Å². The molecule has 0 bridgehead atoms. The molecule has 4 aromatic rings. The van der Waals surface area contributed by atoms with Gasteiger partial charge in [-0.3, -0.25) is 4.79 Å². The maximum Gasteiger partial charge on any atom is 0.254 e. The van der Waals surface area contributed by atoms with Crippen LogP contribution in [0.25, 0.3) is 10.2 Å². The third kappa shape index (κ3) is 4.06. The van der Waals surface area contributed by atoms with Crippen LogP contribution < -0.4 is 4.72 Å². The Morgan fingerprint density at radius 2 is 2.03 bits per heavy atom. The molecule has 1 N–H and O–H groups in total. The van der Waals surface area contributed by atoms with Gasteiger partial charge in [0, 0.05) is 12.1 Å². The summed E-state index contributed by atoms with van der Waals surface area (Å²) in [6.07, 6.45) is 3.21. The number of sulfonamides is 1. The first-order valence-corrected chi connectivity index (χ1v) is 12.6. The monoisotopic (exact) mass is 467 g/mol. The Morgan fingerprint density at radius 3 is 2.84 bits per heavy atom. The van der Waals surface area contributed by atoms with Crippen LogP contribution in [0.3, 0.4) is 0 Å². The fraction of sp³-hybridized carbons (Fsp3) is 0.217. The number of para-hydroxylation sites is 1. The summed E-state index contributed by atoms with van der Waals surface area (Å²) in [6, 6.07) is 17.4. The van der Waals surface area contributed by atoms with Crippen LogP contribution in [0.1, 0.15) is 40.0 Å². The molecule has 1 aliphatic heterocycles. The highest BCUT2D eigenvalue weighted by atomic mass is 32.2. The summed E-state index contributed by atoms with van der Waals surface area (Å²) in [5, 5.41) is 0.918. The van der Waals surface area contributed by atoms with E-state index in [9.17, 15) is 13.2 Å². The van der Waals surface area contributed by atoms with Crippen LogP contribution in [0.15, 0.2) is 76.2 Å². The van der Waals surface area contributed by atoms with Crippen molar-refractivity contribution in [3.05, 3.63) is 83.3 Å². The van der Waals surface area contributed by atoms with E-state index in [0.717, 1.165) is 28.1 Å². The number of hydrogen-bond donors (Lipinski definition) is 1. The van der Waals surface area contributed by atoms with Crippen LogP contribution in [0.5, 0.6) is 0 Å². The third-order valence-corrected chi connectivity index (χ3v) is 8.05. The first-order valence-electron chi connectivity index (χ1n) is 10.3. The van der Waals surface area contributed by atoms with Gasteiger partial charge in [0.05, 0.1) is 34.0 Å². The molecular formula is C23H21N3O4S2. The molecule has 2 aromatic heterocycles. The van der Waals surface area contributed by atoms with Crippen molar-refractivity contribution in [3.8, 4) is 0 Å². The highest BCUT2D eigenvalue weighted by Gasteiger charge is 2.33. The van der Waals surface area contributed by atoms with Gasteiger partial charge in [0.25, 0.3) is 5.91 Å². The number of hydrogen-bond acceptors (Lipinski definition) is 6. The number of nitrogens with one attached hydrogen (secondary N) is 1. The van der Waals surface area contributed by atoms with Crippen LogP contribution in [0, 0.1) is 0 Å². The lowest BCUT2D eigenvalue weighted by molar-refractivity contribution is 0.0735. The molecule has 5 rings (SSSR count). The van der Waals surface area contributed by atoms with Crippen molar-refractivity contribution in [1.29, 1.82) is 0 Å². The maximum absolute atomic E-state index is 13.3. The summed E-state index contributed by atoms with van der Waals surface area (Å²) in [5.74, 6) is 0.325. The van der Waals surface area contributed by atoms with Crippen molar-refractivity contribution in [1.82, 2.24) is 14.6 Å². The van der Waals surface area contributed by atoms with Gasteiger partial charge in [-0.15, -0.1) is 11.3 Å². The molecule has 3 heterocycles. The van der Waals surface area contributed by atoms with Gasteiger partial charge in [0.15, 0.2) is 0 Å². The molecule has 0 saturated carbocycles. The molecule has 1 unspecified atom stereocenters. The molecule has 1 aliphatic rings. The zero-order chi connectivity index (χ0) is 22.1. The molecule has 0 radical (unpaired) electrons. The van der Waals surface area contributed by atoms with E-state index in [2.05, 4.69) is 4.72 Å². The zero-order valence-electron chi connectivity index (χ0n) is 17.1. The molecule has 32 heavy (non-hydrogen) atoms. The number of nitrogens with zero attached hydrogens (tertiary/aromatic N) is 2. The smallest absolute Gasteiger partial charge is 0.254 e. The lowest BCUT2D eigenvalue weighted by Crippen LogP contribution is -2.31. The number of rotatable bonds is 6. The number of carbonyl (C=O) groups is 1. The number of aromatic nitrogens is 1. The molecule has 1 fully saturated rings. The summed E-state index contributed by atoms with van der Waals surface area (Å²) in [4.78, 5) is 19.9. The Kier molecular flexibility index (Phi) is 5.54. The van der Waals surface area contributed by atoms with E-state index < -0.39 is 10.0 Å². The van der Waals surface area contributed by atoms with E-state index >= 15 is 0 Å². The summed E-state index contributed by atoms with van der Waals surface area (Å²) in [6.45, 7) is 0.659. The minimum atomic E-state index is -3.79. The van der Waals surface area contributed by atoms with Gasteiger partial charge < -0.3 is 9.32 Å². The standard InChI is InChI=1S/C23H21N3O4S2/c27-23(26-12-4-10-20(26)22-25-19-9-1-2-11-21(19)31-22)16-6-3-8-18(14-16)32(28,29)24-15-17-7-5-13-30-17/h1-3,5-9,11,13-14,20,24H,4,10,12,15H2. The predicted octanol–water partition coefficient (Wildman–Crippen LogP) is 4.35. The third-order valence-electron chi connectivity index (χ3n) is 5.52. The highest BCUT2D eigenvalue weighted by molar-refractivity contribution is 7.89. The van der Waals surface area contributed by atoms with Crippen LogP contribution in [0.2, 0.25) is 0 Å². The fourth-order valence-electron chi connectivity index (χ4n) is 3.92. The van der Waals surface area contributed by atoms with E-state index in [4.69, 9.17) is 9.40 Å². The molecule has 1 saturated heterocycles. The number of amides is 1. The topological polar surface area (TPSA) is 92.5 Å². The van der Waals surface area contributed by atoms with Crippen molar-refractivity contribution < 1.29 is 17.6 Å². The van der Waals surface area contributed by atoms with Gasteiger partial charge in [-0.05, 0) is 55.3 Å². The Bertz CT molecular complexity index is 1330. The van der Waals surface area contributed by atoms with Crippen LogP contribution >= 0.6 is 11.3 Å². The van der Waals surface area contributed by atoms with Crippen molar-refractivity contribution in [2.45, 2.75) is 30.3 Å². The van der Waals surface area contributed by atoms with E-state index in [1.165, 1.54) is 18.4 Å². The number of fused-ring (bicyclic) bond motifs is 1. The van der Waals surface area contributed by atoms with Crippen LogP contribution in [-0.2, 0) is 16.6 Å². The maximum atomic E-state index is 13.3. The molecular weight excluding hydrogens is 446 g/mol. The number of carbonyl (C=O) groups excluding carboxylic acids is 1. The Balaban J connectivity index is 1.38. The van der Waals surface area contributed by atoms with Crippen LogP contribution in [-0.4, -0.2) is 30.8 Å². The summed E-state index contributed by atoms with van der Waals surface area (Å²) < 4.78 is 34.2. The minimum Gasteiger partial charge on any atom is -0.468 e. The molecule has 2 aromatic carbocycles. The number of benzene rings is 2. The van der Waals surface area contributed by atoms with Crippen molar-refractivity contribution >= 4 is 37.5 Å². The lowest BCUT2D eigenvalue weighted by atomic mass is 10.1. The van der Waals surface area contributed by atoms with E-state index in [0.29, 0.717) is 17.9 Å². The minimum absolute atomic E-state index is 0.0410. The molecule has 7 nitrogen and oxygen atoms in total. The number of furan rings is 1. The van der Waals surface area contributed by atoms with E-state index in [1.54, 1.807) is 40.5 Å². The van der Waals surface area contributed by atoms with Gasteiger partial charge in [-0.1, -0.05) is 18.2 Å². The molecule has 0 spiro atoms. The van der Waals surface area contributed by atoms with Crippen LogP contribution in [0.4, 0.5) is 0 Å². The molecule has 1 amide bonds. The number of thiazole rings is 1.